The average Bonchev–Trinajstić information content (AvgIpc) is 2.48. The number of carbonyl (C=O) groups is 1. The molecule has 4 heteroatoms. The predicted octanol–water partition coefficient (Wildman–Crippen LogP) is 3.50. The van der Waals surface area contributed by atoms with Crippen LogP contribution in [0.4, 0.5) is 4.39 Å². The van der Waals surface area contributed by atoms with E-state index in [0.29, 0.717) is 5.56 Å². The first-order valence-corrected chi connectivity index (χ1v) is 6.17. The van der Waals surface area contributed by atoms with Gasteiger partial charge in [-0.15, -0.1) is 0 Å². The van der Waals surface area contributed by atoms with Crippen molar-refractivity contribution in [3.05, 3.63) is 65.0 Å². The molecule has 0 fully saturated rings. The number of aryl methyl sites for hydroxylation is 1. The van der Waals surface area contributed by atoms with Crippen molar-refractivity contribution in [1.29, 1.82) is 0 Å². The minimum absolute atomic E-state index is 0.163. The van der Waals surface area contributed by atoms with E-state index in [1.807, 2.05) is 30.3 Å². The molecule has 0 atom stereocenters. The Morgan fingerprint density at radius 1 is 1.15 bits per heavy atom. The smallest absolute Gasteiger partial charge is 0.344 e. The predicted molar refractivity (Wildman–Crippen MR) is 73.3 cm³/mol. The molecular formula is C16H15FO3. The zero-order valence-electron chi connectivity index (χ0n) is 11.4. The fraction of sp³-hybridized carbons (Fsp3) is 0.188. The molecule has 0 spiro atoms. The van der Waals surface area contributed by atoms with Crippen molar-refractivity contribution in [2.75, 3.05) is 7.11 Å². The second kappa shape index (κ2) is 6.19. The SMILES string of the molecule is COC(=O)c1c(OCc2ccccc2)ccc(C)c1F. The summed E-state index contributed by atoms with van der Waals surface area (Å²) in [5.74, 6) is -1.17. The summed E-state index contributed by atoms with van der Waals surface area (Å²) >= 11 is 0. The third kappa shape index (κ3) is 2.96. The van der Waals surface area contributed by atoms with Crippen molar-refractivity contribution in [2.45, 2.75) is 13.5 Å². The van der Waals surface area contributed by atoms with E-state index >= 15 is 0 Å². The van der Waals surface area contributed by atoms with Crippen molar-refractivity contribution < 1.29 is 18.7 Å². The van der Waals surface area contributed by atoms with E-state index in [9.17, 15) is 9.18 Å². The van der Waals surface area contributed by atoms with E-state index in [1.165, 1.54) is 7.11 Å². The van der Waals surface area contributed by atoms with Crippen LogP contribution < -0.4 is 4.74 Å². The van der Waals surface area contributed by atoms with Gasteiger partial charge < -0.3 is 9.47 Å². The third-order valence-corrected chi connectivity index (χ3v) is 2.92. The Hall–Kier alpha value is -2.36. The van der Waals surface area contributed by atoms with Gasteiger partial charge in [0, 0.05) is 0 Å². The fourth-order valence-electron chi connectivity index (χ4n) is 1.81. The molecule has 0 aliphatic carbocycles. The van der Waals surface area contributed by atoms with Gasteiger partial charge in [0.05, 0.1) is 7.11 Å². The molecule has 0 radical (unpaired) electrons. The van der Waals surface area contributed by atoms with Crippen molar-refractivity contribution >= 4 is 5.97 Å². The zero-order chi connectivity index (χ0) is 14.5. The lowest BCUT2D eigenvalue weighted by Crippen LogP contribution is -2.09. The summed E-state index contributed by atoms with van der Waals surface area (Å²) in [6.45, 7) is 1.84. The number of hydrogen-bond acceptors (Lipinski definition) is 3. The number of methoxy groups -OCH3 is 1. The fourth-order valence-corrected chi connectivity index (χ4v) is 1.81. The number of carbonyl (C=O) groups excluding carboxylic acids is 1. The Labute approximate surface area is 117 Å². The maximum atomic E-state index is 14.0. The molecule has 2 rings (SSSR count). The molecule has 104 valence electrons. The second-order valence-electron chi connectivity index (χ2n) is 4.34. The number of halogens is 1. The van der Waals surface area contributed by atoms with Crippen LogP contribution in [-0.4, -0.2) is 13.1 Å². The quantitative estimate of drug-likeness (QED) is 0.800. The van der Waals surface area contributed by atoms with Gasteiger partial charge in [-0.05, 0) is 24.1 Å². The molecule has 2 aromatic carbocycles. The molecule has 0 amide bonds. The highest BCUT2D eigenvalue weighted by atomic mass is 19.1. The molecule has 20 heavy (non-hydrogen) atoms. The molecule has 0 heterocycles. The van der Waals surface area contributed by atoms with Gasteiger partial charge in [0.1, 0.15) is 23.7 Å². The Bertz CT molecular complexity index is 609. The van der Waals surface area contributed by atoms with Crippen LogP contribution in [-0.2, 0) is 11.3 Å². The highest BCUT2D eigenvalue weighted by Gasteiger charge is 2.20. The molecule has 0 bridgehead atoms. The van der Waals surface area contributed by atoms with E-state index in [1.54, 1.807) is 19.1 Å². The molecule has 3 nitrogen and oxygen atoms in total. The number of esters is 1. The van der Waals surface area contributed by atoms with Gasteiger partial charge in [-0.1, -0.05) is 36.4 Å². The monoisotopic (exact) mass is 274 g/mol. The van der Waals surface area contributed by atoms with E-state index in [0.717, 1.165) is 5.56 Å². The lowest BCUT2D eigenvalue weighted by Gasteiger charge is -2.12. The lowest BCUT2D eigenvalue weighted by atomic mass is 10.1. The van der Waals surface area contributed by atoms with Gasteiger partial charge in [0.25, 0.3) is 0 Å². The standard InChI is InChI=1S/C16H15FO3/c1-11-8-9-13(14(15(11)17)16(18)19-2)20-10-12-6-4-3-5-7-12/h3-9H,10H2,1-2H3. The normalized spacial score (nSPS) is 10.2. The molecule has 0 saturated heterocycles. The highest BCUT2D eigenvalue weighted by molar-refractivity contribution is 5.93. The first kappa shape index (κ1) is 14.1. The molecular weight excluding hydrogens is 259 g/mol. The summed E-state index contributed by atoms with van der Waals surface area (Å²) < 4.78 is 24.2. The van der Waals surface area contributed by atoms with Crippen LogP contribution >= 0.6 is 0 Å². The number of ether oxygens (including phenoxy) is 2. The highest BCUT2D eigenvalue weighted by Crippen LogP contribution is 2.25. The number of benzene rings is 2. The molecule has 0 saturated carbocycles. The van der Waals surface area contributed by atoms with E-state index in [2.05, 4.69) is 4.74 Å². The van der Waals surface area contributed by atoms with Gasteiger partial charge >= 0.3 is 5.97 Å². The minimum Gasteiger partial charge on any atom is -0.488 e. The van der Waals surface area contributed by atoms with Crippen molar-refractivity contribution in [1.82, 2.24) is 0 Å². The lowest BCUT2D eigenvalue weighted by molar-refractivity contribution is 0.0589. The van der Waals surface area contributed by atoms with Crippen molar-refractivity contribution in [3.8, 4) is 5.75 Å². The first-order chi connectivity index (χ1) is 9.63. The van der Waals surface area contributed by atoms with Gasteiger partial charge in [0.15, 0.2) is 0 Å². The van der Waals surface area contributed by atoms with Crippen LogP contribution in [0.15, 0.2) is 42.5 Å². The van der Waals surface area contributed by atoms with E-state index in [-0.39, 0.29) is 17.9 Å². The third-order valence-electron chi connectivity index (χ3n) is 2.92. The molecule has 0 aromatic heterocycles. The van der Waals surface area contributed by atoms with E-state index in [4.69, 9.17) is 4.74 Å². The van der Waals surface area contributed by atoms with Crippen LogP contribution in [0.3, 0.4) is 0 Å². The number of rotatable bonds is 4. The Balaban J connectivity index is 2.27. The van der Waals surface area contributed by atoms with Gasteiger partial charge in [-0.25, -0.2) is 9.18 Å². The zero-order valence-corrected chi connectivity index (χ0v) is 11.4. The maximum absolute atomic E-state index is 14.0. The second-order valence-corrected chi connectivity index (χ2v) is 4.34. The Kier molecular flexibility index (Phi) is 4.35. The van der Waals surface area contributed by atoms with Crippen molar-refractivity contribution in [3.63, 3.8) is 0 Å². The average molecular weight is 274 g/mol. The van der Waals surface area contributed by atoms with Crippen molar-refractivity contribution in [2.24, 2.45) is 0 Å². The van der Waals surface area contributed by atoms with Gasteiger partial charge in [-0.3, -0.25) is 0 Å². The van der Waals surface area contributed by atoms with Gasteiger partial charge in [0.2, 0.25) is 0 Å². The maximum Gasteiger partial charge on any atom is 0.344 e. The first-order valence-electron chi connectivity index (χ1n) is 6.17. The topological polar surface area (TPSA) is 35.5 Å². The Morgan fingerprint density at radius 3 is 2.50 bits per heavy atom. The molecule has 0 aliphatic heterocycles. The van der Waals surface area contributed by atoms with E-state index < -0.39 is 11.8 Å². The molecule has 0 unspecified atom stereocenters. The largest absolute Gasteiger partial charge is 0.488 e. The Morgan fingerprint density at radius 2 is 1.85 bits per heavy atom. The van der Waals surface area contributed by atoms with Crippen LogP contribution in [0.25, 0.3) is 0 Å². The summed E-state index contributed by atoms with van der Waals surface area (Å²) in [6, 6.07) is 12.6. The minimum atomic E-state index is -0.741. The summed E-state index contributed by atoms with van der Waals surface area (Å²) in [6.07, 6.45) is 0. The molecule has 0 N–H and O–H groups in total. The van der Waals surface area contributed by atoms with Gasteiger partial charge in [-0.2, -0.15) is 0 Å². The number of hydrogen-bond donors (Lipinski definition) is 0. The summed E-state index contributed by atoms with van der Waals surface area (Å²) in [5.41, 5.74) is 1.14. The van der Waals surface area contributed by atoms with Crippen LogP contribution in [0.1, 0.15) is 21.5 Å². The van der Waals surface area contributed by atoms with Crippen LogP contribution in [0.2, 0.25) is 0 Å². The molecule has 2 aromatic rings. The summed E-state index contributed by atoms with van der Waals surface area (Å²) in [5, 5.41) is 0. The summed E-state index contributed by atoms with van der Waals surface area (Å²) in [4.78, 5) is 11.7. The van der Waals surface area contributed by atoms with Crippen LogP contribution in [0, 0.1) is 12.7 Å². The molecule has 0 aliphatic rings. The summed E-state index contributed by atoms with van der Waals surface area (Å²) in [7, 11) is 1.21. The van der Waals surface area contributed by atoms with Crippen LogP contribution in [0.5, 0.6) is 5.75 Å².